The van der Waals surface area contributed by atoms with Crippen molar-refractivity contribution in [1.82, 2.24) is 4.57 Å². The molecule has 0 atom stereocenters. The highest BCUT2D eigenvalue weighted by atomic mass is 35.5. The molecule has 0 aliphatic heterocycles. The first-order valence-electron chi connectivity index (χ1n) is 6.63. The minimum atomic E-state index is -4.74. The van der Waals surface area contributed by atoms with Gasteiger partial charge in [-0.05, 0) is 12.1 Å². The highest BCUT2D eigenvalue weighted by Crippen LogP contribution is 2.40. The standard InChI is InChI=1S/C14H7ClF5N3O2S/c15-8-2-9(26-11(8)14(18,19)20)12(24)22-7-1-6(3-21)13(25)23(4-7)5-10(16)17/h1-2,4,10H,5H2,(H,22,24). The Kier molecular flexibility index (Phi) is 5.68. The zero-order valence-corrected chi connectivity index (χ0v) is 14.0. The van der Waals surface area contributed by atoms with Crippen molar-refractivity contribution in [2.75, 3.05) is 5.32 Å². The molecule has 1 amide bonds. The molecular formula is C14H7ClF5N3O2S. The Morgan fingerprint density at radius 1 is 1.38 bits per heavy atom. The summed E-state index contributed by atoms with van der Waals surface area (Å²) in [5, 5.41) is 10.4. The fourth-order valence-electron chi connectivity index (χ4n) is 1.94. The average Bonchev–Trinajstić information content (AvgIpc) is 2.92. The molecule has 0 saturated carbocycles. The fourth-order valence-corrected chi connectivity index (χ4v) is 3.14. The van der Waals surface area contributed by atoms with E-state index in [1.807, 2.05) is 0 Å². The molecule has 5 nitrogen and oxygen atoms in total. The molecule has 0 bridgehead atoms. The van der Waals surface area contributed by atoms with Crippen molar-refractivity contribution in [1.29, 1.82) is 5.26 Å². The Balaban J connectivity index is 2.35. The normalized spacial score (nSPS) is 11.5. The third-order valence-electron chi connectivity index (χ3n) is 2.97. The summed E-state index contributed by atoms with van der Waals surface area (Å²) in [4.78, 5) is 22.3. The van der Waals surface area contributed by atoms with E-state index in [2.05, 4.69) is 5.32 Å². The number of anilines is 1. The molecule has 2 heterocycles. The van der Waals surface area contributed by atoms with Gasteiger partial charge in [0.05, 0.1) is 22.1 Å². The third kappa shape index (κ3) is 4.39. The number of alkyl halides is 5. The maximum Gasteiger partial charge on any atom is 0.427 e. The number of carbonyl (C=O) groups is 1. The number of nitriles is 1. The van der Waals surface area contributed by atoms with Gasteiger partial charge < -0.3 is 9.88 Å². The molecule has 2 aromatic rings. The molecule has 0 fully saturated rings. The number of rotatable bonds is 4. The predicted octanol–water partition coefficient (Wildman–Crippen LogP) is 3.97. The topological polar surface area (TPSA) is 74.9 Å². The summed E-state index contributed by atoms with van der Waals surface area (Å²) in [5.74, 6) is -1.00. The molecule has 0 spiro atoms. The second-order valence-corrected chi connectivity index (χ2v) is 6.30. The van der Waals surface area contributed by atoms with Crippen molar-refractivity contribution in [2.24, 2.45) is 0 Å². The molecule has 0 aliphatic rings. The lowest BCUT2D eigenvalue weighted by molar-refractivity contribution is -0.134. The Morgan fingerprint density at radius 3 is 2.54 bits per heavy atom. The van der Waals surface area contributed by atoms with Gasteiger partial charge in [-0.25, -0.2) is 8.78 Å². The van der Waals surface area contributed by atoms with Crippen LogP contribution in [0.25, 0.3) is 0 Å². The Hall–Kier alpha value is -2.45. The maximum atomic E-state index is 12.7. The maximum absolute atomic E-state index is 12.7. The number of pyridine rings is 1. The Bertz CT molecular complexity index is 946. The van der Waals surface area contributed by atoms with Gasteiger partial charge in [-0.15, -0.1) is 11.3 Å². The molecule has 2 rings (SSSR count). The minimum Gasteiger partial charge on any atom is -0.320 e. The summed E-state index contributed by atoms with van der Waals surface area (Å²) in [6.07, 6.45) is -6.76. The SMILES string of the molecule is N#Cc1cc(NC(=O)c2cc(Cl)c(C(F)(F)F)s2)cn(CC(F)F)c1=O. The van der Waals surface area contributed by atoms with Gasteiger partial charge in [0.15, 0.2) is 0 Å². The minimum absolute atomic E-state index is 0.0992. The number of halogens is 6. The number of hydrogen-bond acceptors (Lipinski definition) is 4. The van der Waals surface area contributed by atoms with Gasteiger partial charge in [-0.2, -0.15) is 18.4 Å². The lowest BCUT2D eigenvalue weighted by atomic mass is 10.2. The molecule has 0 radical (unpaired) electrons. The van der Waals surface area contributed by atoms with Gasteiger partial charge in [0, 0.05) is 6.20 Å². The van der Waals surface area contributed by atoms with Crippen LogP contribution in [0.5, 0.6) is 0 Å². The van der Waals surface area contributed by atoms with Gasteiger partial charge >= 0.3 is 6.18 Å². The van der Waals surface area contributed by atoms with Crippen LogP contribution in [0.3, 0.4) is 0 Å². The lowest BCUT2D eigenvalue weighted by Gasteiger charge is -2.09. The molecule has 26 heavy (non-hydrogen) atoms. The molecule has 0 aliphatic carbocycles. The lowest BCUT2D eigenvalue weighted by Crippen LogP contribution is -2.26. The van der Waals surface area contributed by atoms with Crippen molar-refractivity contribution in [3.8, 4) is 6.07 Å². The zero-order chi connectivity index (χ0) is 19.6. The number of thiophene rings is 1. The second kappa shape index (κ2) is 7.43. The number of aromatic nitrogens is 1. The molecule has 2 aromatic heterocycles. The highest BCUT2D eigenvalue weighted by Gasteiger charge is 2.36. The van der Waals surface area contributed by atoms with Crippen molar-refractivity contribution in [3.63, 3.8) is 0 Å². The van der Waals surface area contributed by atoms with Crippen LogP contribution in [0.2, 0.25) is 5.02 Å². The summed E-state index contributed by atoms with van der Waals surface area (Å²) in [7, 11) is 0. The van der Waals surface area contributed by atoms with Gasteiger partial charge in [-0.1, -0.05) is 11.6 Å². The number of nitrogens with zero attached hydrogens (tertiary/aromatic N) is 2. The average molecular weight is 412 g/mol. The van der Waals surface area contributed by atoms with Crippen LogP contribution in [0, 0.1) is 11.3 Å². The largest absolute Gasteiger partial charge is 0.427 e. The van der Waals surface area contributed by atoms with E-state index >= 15 is 0 Å². The van der Waals surface area contributed by atoms with Crippen LogP contribution >= 0.6 is 22.9 Å². The molecule has 1 N–H and O–H groups in total. The van der Waals surface area contributed by atoms with Crippen LogP contribution in [-0.4, -0.2) is 16.9 Å². The molecule has 0 unspecified atom stereocenters. The van der Waals surface area contributed by atoms with Crippen molar-refractivity contribution in [3.05, 3.63) is 49.0 Å². The van der Waals surface area contributed by atoms with Crippen LogP contribution < -0.4 is 10.9 Å². The van der Waals surface area contributed by atoms with Crippen LogP contribution in [0.1, 0.15) is 20.1 Å². The summed E-state index contributed by atoms with van der Waals surface area (Å²) < 4.78 is 63.7. The van der Waals surface area contributed by atoms with E-state index in [1.165, 1.54) is 6.07 Å². The van der Waals surface area contributed by atoms with E-state index in [4.69, 9.17) is 16.9 Å². The fraction of sp³-hybridized carbons (Fsp3) is 0.214. The van der Waals surface area contributed by atoms with Crippen molar-refractivity contribution >= 4 is 34.5 Å². The molecule has 0 aromatic carbocycles. The summed E-state index contributed by atoms with van der Waals surface area (Å²) in [6.45, 7) is -1.01. The quantitative estimate of drug-likeness (QED) is 0.773. The predicted molar refractivity (Wildman–Crippen MR) is 83.7 cm³/mol. The Morgan fingerprint density at radius 2 is 2.04 bits per heavy atom. The van der Waals surface area contributed by atoms with E-state index < -0.39 is 46.1 Å². The van der Waals surface area contributed by atoms with E-state index in [0.717, 1.165) is 18.3 Å². The summed E-state index contributed by atoms with van der Waals surface area (Å²) in [6, 6.07) is 3.24. The van der Waals surface area contributed by atoms with Gasteiger partial charge in [0.25, 0.3) is 17.9 Å². The first-order chi connectivity index (χ1) is 12.0. The molecular weight excluding hydrogens is 405 g/mol. The zero-order valence-electron chi connectivity index (χ0n) is 12.4. The highest BCUT2D eigenvalue weighted by molar-refractivity contribution is 7.14. The van der Waals surface area contributed by atoms with Crippen molar-refractivity contribution < 1.29 is 26.7 Å². The molecule has 12 heteroatoms. The van der Waals surface area contributed by atoms with Gasteiger partial charge in [-0.3, -0.25) is 9.59 Å². The monoisotopic (exact) mass is 411 g/mol. The number of carbonyl (C=O) groups excluding carboxylic acids is 1. The van der Waals surface area contributed by atoms with Crippen LogP contribution in [-0.2, 0) is 12.7 Å². The Labute approximate surface area is 151 Å². The first kappa shape index (κ1) is 19.9. The van der Waals surface area contributed by atoms with Crippen LogP contribution in [0.15, 0.2) is 23.1 Å². The number of hydrogen-bond donors (Lipinski definition) is 1. The van der Waals surface area contributed by atoms with E-state index in [0.29, 0.717) is 4.57 Å². The smallest absolute Gasteiger partial charge is 0.320 e. The number of nitrogens with one attached hydrogen (secondary N) is 1. The third-order valence-corrected chi connectivity index (χ3v) is 4.56. The molecule has 0 saturated heterocycles. The number of amides is 1. The van der Waals surface area contributed by atoms with Crippen molar-refractivity contribution in [2.45, 2.75) is 19.1 Å². The van der Waals surface area contributed by atoms with Gasteiger partial charge in [0.1, 0.15) is 16.5 Å². The van der Waals surface area contributed by atoms with Gasteiger partial charge in [0.2, 0.25) is 0 Å². The van der Waals surface area contributed by atoms with Crippen LogP contribution in [0.4, 0.5) is 27.6 Å². The first-order valence-corrected chi connectivity index (χ1v) is 7.83. The molecule has 138 valence electrons. The second-order valence-electron chi connectivity index (χ2n) is 4.84. The van der Waals surface area contributed by atoms with E-state index in [1.54, 1.807) is 0 Å². The summed E-state index contributed by atoms with van der Waals surface area (Å²) in [5.41, 5.74) is -1.70. The summed E-state index contributed by atoms with van der Waals surface area (Å²) >= 11 is 5.57. The van der Waals surface area contributed by atoms with E-state index in [9.17, 15) is 31.5 Å². The van der Waals surface area contributed by atoms with E-state index in [-0.39, 0.29) is 21.9 Å².